The van der Waals surface area contributed by atoms with Crippen molar-refractivity contribution in [3.05, 3.63) is 45.9 Å². The Morgan fingerprint density at radius 2 is 2.11 bits per heavy atom. The maximum absolute atomic E-state index is 12.8. The zero-order valence-corrected chi connectivity index (χ0v) is 16.6. The van der Waals surface area contributed by atoms with E-state index in [0.29, 0.717) is 38.1 Å². The fourth-order valence-corrected chi connectivity index (χ4v) is 3.91. The van der Waals surface area contributed by atoms with E-state index in [-0.39, 0.29) is 11.8 Å². The number of hydrogen-bond acceptors (Lipinski definition) is 5. The van der Waals surface area contributed by atoms with E-state index in [1.807, 2.05) is 19.2 Å². The van der Waals surface area contributed by atoms with Crippen molar-refractivity contribution in [1.29, 1.82) is 0 Å². The molecule has 2 heterocycles. The second-order valence-corrected chi connectivity index (χ2v) is 7.58. The molecular formula is C20H25N3O3S. The Labute approximate surface area is 163 Å². The molecule has 0 saturated carbocycles. The Balaban J connectivity index is 1.56. The second-order valence-electron chi connectivity index (χ2n) is 6.51. The maximum atomic E-state index is 12.8. The molecule has 7 heteroatoms. The summed E-state index contributed by atoms with van der Waals surface area (Å²) in [5, 5.41) is 6.00. The number of likely N-dealkylation sites (tertiary alicyclic amines) is 1. The molecule has 0 aliphatic carbocycles. The van der Waals surface area contributed by atoms with Gasteiger partial charge < -0.3 is 15.0 Å². The number of carbonyl (C=O) groups is 2. The normalized spacial score (nSPS) is 16.4. The molecule has 6 nitrogen and oxygen atoms in total. The van der Waals surface area contributed by atoms with Crippen LogP contribution in [0.4, 0.5) is 0 Å². The minimum absolute atomic E-state index is 0.0845. The first-order chi connectivity index (χ1) is 13.1. The van der Waals surface area contributed by atoms with Gasteiger partial charge >= 0.3 is 0 Å². The van der Waals surface area contributed by atoms with Gasteiger partial charge in [-0.3, -0.25) is 9.59 Å². The molecule has 1 fully saturated rings. The molecule has 3 rings (SSSR count). The van der Waals surface area contributed by atoms with E-state index in [4.69, 9.17) is 4.74 Å². The SMILES string of the molecule is CCOc1ccc(C(=O)N2CCC[C@@H]2C(=O)NCCc2csc(C)n2)cc1. The number of nitrogens with one attached hydrogen (secondary N) is 1. The number of ether oxygens (including phenoxy) is 1. The van der Waals surface area contributed by atoms with Crippen LogP contribution in [0.1, 0.15) is 40.8 Å². The van der Waals surface area contributed by atoms with E-state index in [2.05, 4.69) is 10.3 Å². The van der Waals surface area contributed by atoms with Crippen LogP contribution in [0.15, 0.2) is 29.6 Å². The molecule has 1 aliphatic rings. The monoisotopic (exact) mass is 387 g/mol. The van der Waals surface area contributed by atoms with Crippen LogP contribution in [0.25, 0.3) is 0 Å². The number of aryl methyl sites for hydroxylation is 1. The van der Waals surface area contributed by atoms with Crippen molar-refractivity contribution in [2.45, 2.75) is 39.2 Å². The number of amides is 2. The summed E-state index contributed by atoms with van der Waals surface area (Å²) in [6.07, 6.45) is 2.24. The number of carbonyl (C=O) groups excluding carboxylic acids is 2. The summed E-state index contributed by atoms with van der Waals surface area (Å²) in [6.45, 7) is 5.61. The Hall–Kier alpha value is -2.41. The molecule has 27 heavy (non-hydrogen) atoms. The van der Waals surface area contributed by atoms with Crippen molar-refractivity contribution in [2.24, 2.45) is 0 Å². The van der Waals surface area contributed by atoms with E-state index in [0.717, 1.165) is 22.9 Å². The largest absolute Gasteiger partial charge is 0.494 e. The molecule has 1 aliphatic heterocycles. The Morgan fingerprint density at radius 1 is 1.33 bits per heavy atom. The third-order valence-electron chi connectivity index (χ3n) is 4.58. The Kier molecular flexibility index (Phi) is 6.45. The van der Waals surface area contributed by atoms with E-state index in [1.165, 1.54) is 0 Å². The fourth-order valence-electron chi connectivity index (χ4n) is 3.26. The first-order valence-corrected chi connectivity index (χ1v) is 10.2. The highest BCUT2D eigenvalue weighted by Gasteiger charge is 2.34. The average molecular weight is 388 g/mol. The van der Waals surface area contributed by atoms with Crippen LogP contribution in [0.5, 0.6) is 5.75 Å². The van der Waals surface area contributed by atoms with Crippen molar-refractivity contribution in [2.75, 3.05) is 19.7 Å². The number of benzene rings is 1. The molecule has 2 amide bonds. The van der Waals surface area contributed by atoms with Crippen molar-refractivity contribution < 1.29 is 14.3 Å². The first-order valence-electron chi connectivity index (χ1n) is 9.31. The molecule has 0 unspecified atom stereocenters. The summed E-state index contributed by atoms with van der Waals surface area (Å²) in [5.41, 5.74) is 1.57. The van der Waals surface area contributed by atoms with Crippen LogP contribution in [0.3, 0.4) is 0 Å². The lowest BCUT2D eigenvalue weighted by Crippen LogP contribution is -2.46. The second kappa shape index (κ2) is 8.99. The summed E-state index contributed by atoms with van der Waals surface area (Å²) < 4.78 is 5.41. The number of hydrogen-bond donors (Lipinski definition) is 1. The topological polar surface area (TPSA) is 71.5 Å². The first kappa shape index (κ1) is 19.4. The van der Waals surface area contributed by atoms with Gasteiger partial charge in [0.15, 0.2) is 0 Å². The molecule has 1 atom stereocenters. The molecule has 1 saturated heterocycles. The van der Waals surface area contributed by atoms with Crippen molar-refractivity contribution in [3.8, 4) is 5.75 Å². The van der Waals surface area contributed by atoms with Crippen molar-refractivity contribution >= 4 is 23.2 Å². The predicted octanol–water partition coefficient (Wildman–Crippen LogP) is 2.81. The van der Waals surface area contributed by atoms with Gasteiger partial charge in [0.1, 0.15) is 11.8 Å². The van der Waals surface area contributed by atoms with Gasteiger partial charge in [0.25, 0.3) is 5.91 Å². The lowest BCUT2D eigenvalue weighted by atomic mass is 10.1. The van der Waals surface area contributed by atoms with E-state index in [1.54, 1.807) is 40.5 Å². The van der Waals surface area contributed by atoms with Crippen LogP contribution >= 0.6 is 11.3 Å². The summed E-state index contributed by atoms with van der Waals surface area (Å²) in [7, 11) is 0. The van der Waals surface area contributed by atoms with E-state index < -0.39 is 6.04 Å². The minimum atomic E-state index is -0.402. The number of aromatic nitrogens is 1. The van der Waals surface area contributed by atoms with Gasteiger partial charge in [-0.05, 0) is 51.0 Å². The number of rotatable bonds is 7. The minimum Gasteiger partial charge on any atom is -0.494 e. The Bertz CT molecular complexity index is 788. The predicted molar refractivity (Wildman–Crippen MR) is 105 cm³/mol. The van der Waals surface area contributed by atoms with Gasteiger partial charge in [-0.25, -0.2) is 4.98 Å². The number of thiazole rings is 1. The summed E-state index contributed by atoms with van der Waals surface area (Å²) >= 11 is 1.61. The van der Waals surface area contributed by atoms with Crippen LogP contribution in [0, 0.1) is 6.92 Å². The highest BCUT2D eigenvalue weighted by atomic mass is 32.1. The van der Waals surface area contributed by atoms with Gasteiger partial charge in [-0.15, -0.1) is 11.3 Å². The third-order valence-corrected chi connectivity index (χ3v) is 5.40. The molecule has 0 bridgehead atoms. The zero-order valence-electron chi connectivity index (χ0n) is 15.7. The van der Waals surface area contributed by atoms with Gasteiger partial charge in [-0.2, -0.15) is 0 Å². The molecular weight excluding hydrogens is 362 g/mol. The summed E-state index contributed by atoms with van der Waals surface area (Å²) in [4.78, 5) is 31.5. The number of nitrogens with zero attached hydrogens (tertiary/aromatic N) is 2. The smallest absolute Gasteiger partial charge is 0.254 e. The molecule has 144 valence electrons. The lowest BCUT2D eigenvalue weighted by molar-refractivity contribution is -0.124. The quantitative estimate of drug-likeness (QED) is 0.793. The highest BCUT2D eigenvalue weighted by Crippen LogP contribution is 2.22. The molecule has 1 aromatic carbocycles. The zero-order chi connectivity index (χ0) is 19.2. The van der Waals surface area contributed by atoms with Crippen LogP contribution in [-0.2, 0) is 11.2 Å². The molecule has 0 spiro atoms. The van der Waals surface area contributed by atoms with E-state index in [9.17, 15) is 9.59 Å². The van der Waals surface area contributed by atoms with Crippen LogP contribution in [0.2, 0.25) is 0 Å². The van der Waals surface area contributed by atoms with Crippen LogP contribution < -0.4 is 10.1 Å². The molecule has 2 aromatic rings. The average Bonchev–Trinajstić information content (AvgIpc) is 3.31. The standard InChI is InChI=1S/C20H25N3O3S/c1-3-26-17-8-6-15(7-9-17)20(25)23-12-4-5-18(23)19(24)21-11-10-16-13-27-14(2)22-16/h6-9,13,18H,3-5,10-12H2,1-2H3,(H,21,24)/t18-/m1/s1. The lowest BCUT2D eigenvalue weighted by Gasteiger charge is -2.24. The van der Waals surface area contributed by atoms with Gasteiger partial charge in [0.05, 0.1) is 17.3 Å². The fraction of sp³-hybridized carbons (Fsp3) is 0.450. The third kappa shape index (κ3) is 4.86. The summed E-state index contributed by atoms with van der Waals surface area (Å²) in [6, 6.07) is 6.69. The molecule has 1 N–H and O–H groups in total. The summed E-state index contributed by atoms with van der Waals surface area (Å²) in [5.74, 6) is 0.548. The van der Waals surface area contributed by atoms with Crippen LogP contribution in [-0.4, -0.2) is 47.4 Å². The van der Waals surface area contributed by atoms with Crippen molar-refractivity contribution in [3.63, 3.8) is 0 Å². The molecule has 0 radical (unpaired) electrons. The Morgan fingerprint density at radius 3 is 2.78 bits per heavy atom. The van der Waals surface area contributed by atoms with Gasteiger partial charge in [0, 0.05) is 30.5 Å². The van der Waals surface area contributed by atoms with E-state index >= 15 is 0 Å². The molecule has 1 aromatic heterocycles. The van der Waals surface area contributed by atoms with Crippen molar-refractivity contribution in [1.82, 2.24) is 15.2 Å². The van der Waals surface area contributed by atoms with Gasteiger partial charge in [0.2, 0.25) is 5.91 Å². The maximum Gasteiger partial charge on any atom is 0.254 e. The highest BCUT2D eigenvalue weighted by molar-refractivity contribution is 7.09. The van der Waals surface area contributed by atoms with Gasteiger partial charge in [-0.1, -0.05) is 0 Å².